The summed E-state index contributed by atoms with van der Waals surface area (Å²) >= 11 is 0. The van der Waals surface area contributed by atoms with Crippen LogP contribution >= 0.6 is 0 Å². The van der Waals surface area contributed by atoms with Crippen molar-refractivity contribution in [3.8, 4) is 0 Å². The lowest BCUT2D eigenvalue weighted by Crippen LogP contribution is -2.21. The summed E-state index contributed by atoms with van der Waals surface area (Å²) in [7, 11) is 0. The van der Waals surface area contributed by atoms with Gasteiger partial charge >= 0.3 is 0 Å². The van der Waals surface area contributed by atoms with Gasteiger partial charge in [-0.3, -0.25) is 0 Å². The van der Waals surface area contributed by atoms with E-state index < -0.39 is 0 Å². The molecule has 2 atom stereocenters. The molecule has 17 heavy (non-hydrogen) atoms. The third-order valence-corrected chi connectivity index (χ3v) is 4.07. The number of nitrogens with one attached hydrogen (secondary N) is 1. The van der Waals surface area contributed by atoms with Gasteiger partial charge in [-0.25, -0.2) is 4.68 Å². The van der Waals surface area contributed by atoms with E-state index in [1.165, 1.54) is 17.9 Å². The second-order valence-electron chi connectivity index (χ2n) is 6.50. The second-order valence-corrected chi connectivity index (χ2v) is 6.50. The maximum absolute atomic E-state index is 4.74. The summed E-state index contributed by atoms with van der Waals surface area (Å²) in [6.07, 6.45) is 2.24. The van der Waals surface area contributed by atoms with Crippen LogP contribution in [0.2, 0.25) is 0 Å². The van der Waals surface area contributed by atoms with Gasteiger partial charge in [0.15, 0.2) is 0 Å². The van der Waals surface area contributed by atoms with Crippen LogP contribution in [-0.4, -0.2) is 16.3 Å². The molecule has 1 aliphatic heterocycles. The Hall–Kier alpha value is -0.990. The van der Waals surface area contributed by atoms with E-state index in [1.54, 1.807) is 0 Å². The first-order chi connectivity index (χ1) is 7.88. The van der Waals surface area contributed by atoms with Gasteiger partial charge in [-0.15, -0.1) is 0 Å². The molecule has 96 valence electrons. The molecule has 0 bridgehead atoms. The third kappa shape index (κ3) is 2.64. The molecule has 0 spiro atoms. The summed E-state index contributed by atoms with van der Waals surface area (Å²) in [4.78, 5) is 0. The highest BCUT2D eigenvalue weighted by Gasteiger charge is 2.23. The number of hydrogen-bond acceptors (Lipinski definition) is 2. The van der Waals surface area contributed by atoms with Crippen LogP contribution in [0, 0.1) is 11.3 Å². The molecule has 0 amide bonds. The van der Waals surface area contributed by atoms with Crippen LogP contribution in [0.15, 0.2) is 6.07 Å². The number of aromatic nitrogens is 2. The van der Waals surface area contributed by atoms with E-state index in [-0.39, 0.29) is 0 Å². The van der Waals surface area contributed by atoms with Crippen molar-refractivity contribution < 1.29 is 0 Å². The number of hydrogen-bond donors (Lipinski definition) is 1. The first-order valence-corrected chi connectivity index (χ1v) is 6.70. The van der Waals surface area contributed by atoms with E-state index in [9.17, 15) is 0 Å². The maximum Gasteiger partial charge on any atom is 0.124 e. The molecular weight excluding hydrogens is 210 g/mol. The van der Waals surface area contributed by atoms with Gasteiger partial charge in [0.05, 0.1) is 11.7 Å². The number of anilines is 1. The molecule has 2 heterocycles. The fourth-order valence-electron chi connectivity index (χ4n) is 2.16. The zero-order chi connectivity index (χ0) is 12.6. The molecule has 0 radical (unpaired) electrons. The van der Waals surface area contributed by atoms with Gasteiger partial charge < -0.3 is 5.32 Å². The van der Waals surface area contributed by atoms with Crippen molar-refractivity contribution in [1.29, 1.82) is 0 Å². The minimum Gasteiger partial charge on any atom is -0.370 e. The molecule has 0 aromatic carbocycles. The fourth-order valence-corrected chi connectivity index (χ4v) is 2.16. The highest BCUT2D eigenvalue weighted by atomic mass is 15.4. The first-order valence-electron chi connectivity index (χ1n) is 6.70. The molecule has 1 aromatic rings. The van der Waals surface area contributed by atoms with Crippen molar-refractivity contribution in [3.63, 3.8) is 0 Å². The molecule has 0 aliphatic carbocycles. The topological polar surface area (TPSA) is 29.9 Å². The third-order valence-electron chi connectivity index (χ3n) is 4.07. The Morgan fingerprint density at radius 1 is 1.53 bits per heavy atom. The van der Waals surface area contributed by atoms with Crippen LogP contribution in [0.5, 0.6) is 0 Å². The highest BCUT2D eigenvalue weighted by molar-refractivity contribution is 5.39. The van der Waals surface area contributed by atoms with E-state index in [0.717, 1.165) is 13.0 Å². The first kappa shape index (κ1) is 12.5. The number of nitrogens with zero attached hydrogens (tertiary/aromatic N) is 2. The number of fused-ring (bicyclic) bond motifs is 1. The SMILES string of the molecule is CC1CCNc2cc(CC(C)C(C)(C)C)nn21. The van der Waals surface area contributed by atoms with Crippen molar-refractivity contribution in [2.45, 2.75) is 53.5 Å². The standard InChI is InChI=1S/C14H25N3/c1-10(14(3,4)5)8-12-9-13-15-7-6-11(2)17(13)16-12/h9-11,15H,6-8H2,1-5H3. The van der Waals surface area contributed by atoms with E-state index in [2.05, 4.69) is 50.7 Å². The van der Waals surface area contributed by atoms with Gasteiger partial charge in [-0.1, -0.05) is 27.7 Å². The zero-order valence-electron chi connectivity index (χ0n) is 11.7. The predicted octanol–water partition coefficient (Wildman–Crippen LogP) is 3.48. The minimum absolute atomic E-state index is 0.350. The molecule has 0 fully saturated rings. The van der Waals surface area contributed by atoms with Crippen LogP contribution in [0.1, 0.15) is 52.8 Å². The van der Waals surface area contributed by atoms with Crippen LogP contribution in [-0.2, 0) is 6.42 Å². The van der Waals surface area contributed by atoms with Crippen LogP contribution in [0.3, 0.4) is 0 Å². The Kier molecular flexibility index (Phi) is 3.19. The molecule has 0 saturated carbocycles. The molecule has 1 aliphatic rings. The van der Waals surface area contributed by atoms with Crippen molar-refractivity contribution in [1.82, 2.24) is 9.78 Å². The Labute approximate surface area is 105 Å². The van der Waals surface area contributed by atoms with E-state index in [4.69, 9.17) is 5.10 Å². The Morgan fingerprint density at radius 3 is 2.82 bits per heavy atom. The Bertz CT molecular complexity index is 387. The molecule has 0 saturated heterocycles. The van der Waals surface area contributed by atoms with E-state index >= 15 is 0 Å². The molecule has 3 nitrogen and oxygen atoms in total. The van der Waals surface area contributed by atoms with Crippen LogP contribution in [0.4, 0.5) is 5.82 Å². The molecule has 3 heteroatoms. The predicted molar refractivity (Wildman–Crippen MR) is 72.4 cm³/mol. The summed E-state index contributed by atoms with van der Waals surface area (Å²) in [5.74, 6) is 1.84. The van der Waals surface area contributed by atoms with Gasteiger partial charge in [-0.05, 0) is 31.1 Å². The second kappa shape index (κ2) is 4.35. The molecular formula is C14H25N3. The van der Waals surface area contributed by atoms with Gasteiger partial charge in [0.2, 0.25) is 0 Å². The molecule has 2 unspecified atom stereocenters. The van der Waals surface area contributed by atoms with Crippen molar-refractivity contribution in [2.24, 2.45) is 11.3 Å². The van der Waals surface area contributed by atoms with Crippen LogP contribution in [0.25, 0.3) is 0 Å². The summed E-state index contributed by atoms with van der Waals surface area (Å²) in [6.45, 7) is 12.5. The molecule has 1 N–H and O–H groups in total. The maximum atomic E-state index is 4.74. The van der Waals surface area contributed by atoms with Crippen LogP contribution < -0.4 is 5.32 Å². The summed E-state index contributed by atoms with van der Waals surface area (Å²) in [5.41, 5.74) is 1.58. The normalized spacial score (nSPS) is 21.8. The lowest BCUT2D eigenvalue weighted by Gasteiger charge is -2.26. The largest absolute Gasteiger partial charge is 0.370 e. The Balaban J connectivity index is 2.13. The Morgan fingerprint density at radius 2 is 2.24 bits per heavy atom. The quantitative estimate of drug-likeness (QED) is 0.850. The molecule has 1 aromatic heterocycles. The zero-order valence-corrected chi connectivity index (χ0v) is 11.7. The van der Waals surface area contributed by atoms with Crippen molar-refractivity contribution >= 4 is 5.82 Å². The van der Waals surface area contributed by atoms with Crippen molar-refractivity contribution in [3.05, 3.63) is 11.8 Å². The average molecular weight is 235 g/mol. The lowest BCUT2D eigenvalue weighted by atomic mass is 9.79. The van der Waals surface area contributed by atoms with Gasteiger partial charge in [0.25, 0.3) is 0 Å². The monoisotopic (exact) mass is 235 g/mol. The minimum atomic E-state index is 0.350. The highest BCUT2D eigenvalue weighted by Crippen LogP contribution is 2.30. The smallest absolute Gasteiger partial charge is 0.124 e. The summed E-state index contributed by atoms with van der Waals surface area (Å²) < 4.78 is 2.15. The molecule has 2 rings (SSSR count). The van der Waals surface area contributed by atoms with Crippen molar-refractivity contribution in [2.75, 3.05) is 11.9 Å². The fraction of sp³-hybridized carbons (Fsp3) is 0.786. The van der Waals surface area contributed by atoms with E-state index in [1.807, 2.05) is 0 Å². The average Bonchev–Trinajstić information content (AvgIpc) is 2.60. The summed E-state index contributed by atoms with van der Waals surface area (Å²) in [6, 6.07) is 2.75. The van der Waals surface area contributed by atoms with Gasteiger partial charge in [0, 0.05) is 12.6 Å². The number of rotatable bonds is 2. The summed E-state index contributed by atoms with van der Waals surface area (Å²) in [5, 5.41) is 8.17. The van der Waals surface area contributed by atoms with Gasteiger partial charge in [-0.2, -0.15) is 5.10 Å². The van der Waals surface area contributed by atoms with E-state index in [0.29, 0.717) is 17.4 Å². The lowest BCUT2D eigenvalue weighted by molar-refractivity contribution is 0.257. The van der Waals surface area contributed by atoms with Gasteiger partial charge in [0.1, 0.15) is 5.82 Å².